The highest BCUT2D eigenvalue weighted by Crippen LogP contribution is 2.41. The molecule has 0 spiro atoms. The third kappa shape index (κ3) is 3.80. The third-order valence-electron chi connectivity index (χ3n) is 5.97. The molecule has 1 saturated carbocycles. The molecular weight excluding hydrogens is 402 g/mol. The molecule has 2 aliphatic rings. The summed E-state index contributed by atoms with van der Waals surface area (Å²) >= 11 is 0. The Kier molecular flexibility index (Phi) is 4.75. The largest absolute Gasteiger partial charge is 0.294 e. The normalized spacial score (nSPS) is 18.7. The summed E-state index contributed by atoms with van der Waals surface area (Å²) in [6.45, 7) is 1.83. The number of aliphatic imine (C=N–C) groups is 1. The van der Waals surface area contributed by atoms with E-state index in [4.69, 9.17) is 4.99 Å². The molecule has 3 heterocycles. The molecule has 0 amide bonds. The van der Waals surface area contributed by atoms with Gasteiger partial charge in [-0.15, -0.1) is 0 Å². The lowest BCUT2D eigenvalue weighted by Gasteiger charge is -2.29. The molecule has 9 heteroatoms. The van der Waals surface area contributed by atoms with E-state index >= 15 is 0 Å². The number of benzene rings is 1. The monoisotopic (exact) mass is 424 g/mol. The van der Waals surface area contributed by atoms with Crippen molar-refractivity contribution >= 4 is 17.3 Å². The molecule has 31 heavy (non-hydrogen) atoms. The first-order valence-corrected chi connectivity index (χ1v) is 10.4. The standard InChI is InChI=1S/C22H22F2N6O/c1-14-25-13-29(28-14)19-5-3-2-4-15(19)10-16-11-20(31)18-12-26-30(21(18)27-16)17-6-8-22(23,24)9-7-17/h2-5,12-13,17H,6-11H2,1H3. The number of aromatic nitrogens is 5. The number of fused-ring (bicyclic) bond motifs is 1. The molecule has 0 N–H and O–H groups in total. The topological polar surface area (TPSA) is 78.0 Å². The minimum absolute atomic E-state index is 0.0403. The SMILES string of the molecule is Cc1ncn(-c2ccccc2CC2=Nc3c(cnn3C3CCC(F)(F)CC3)C(=O)C2)n1. The highest BCUT2D eigenvalue weighted by atomic mass is 19.3. The Bertz CT molecular complexity index is 1170. The number of Topliss-reactive ketones (excluding diaryl/α,β-unsaturated/α-hetero) is 1. The molecule has 0 saturated heterocycles. The number of halogens is 2. The Labute approximate surface area is 177 Å². The maximum Gasteiger partial charge on any atom is 0.248 e. The van der Waals surface area contributed by atoms with Crippen LogP contribution in [0.25, 0.3) is 5.69 Å². The fourth-order valence-corrected chi connectivity index (χ4v) is 4.34. The van der Waals surface area contributed by atoms with Gasteiger partial charge < -0.3 is 0 Å². The summed E-state index contributed by atoms with van der Waals surface area (Å²) in [5.41, 5.74) is 3.06. The number of carbonyl (C=O) groups excluding carboxylic acids is 1. The molecule has 0 unspecified atom stereocenters. The van der Waals surface area contributed by atoms with Gasteiger partial charge in [-0.1, -0.05) is 18.2 Å². The second kappa shape index (κ2) is 7.47. The second-order valence-corrected chi connectivity index (χ2v) is 8.23. The molecule has 7 nitrogen and oxygen atoms in total. The average molecular weight is 424 g/mol. The first kappa shape index (κ1) is 19.7. The number of alkyl halides is 2. The lowest BCUT2D eigenvalue weighted by atomic mass is 9.92. The summed E-state index contributed by atoms with van der Waals surface area (Å²) in [6.07, 6.45) is 4.21. The van der Waals surface area contributed by atoms with Crippen LogP contribution in [0.5, 0.6) is 0 Å². The number of para-hydroxylation sites is 1. The fraction of sp³-hybridized carbons (Fsp3) is 0.409. The number of hydrogen-bond donors (Lipinski definition) is 0. The van der Waals surface area contributed by atoms with E-state index in [0.717, 1.165) is 17.0 Å². The van der Waals surface area contributed by atoms with E-state index < -0.39 is 5.92 Å². The van der Waals surface area contributed by atoms with Gasteiger partial charge in [-0.05, 0) is 31.4 Å². The molecule has 0 atom stereocenters. The van der Waals surface area contributed by atoms with E-state index in [1.54, 1.807) is 15.7 Å². The van der Waals surface area contributed by atoms with Crippen LogP contribution in [0.2, 0.25) is 0 Å². The summed E-state index contributed by atoms with van der Waals surface area (Å²) in [4.78, 5) is 21.7. The van der Waals surface area contributed by atoms with Crippen molar-refractivity contribution in [3.05, 3.63) is 53.7 Å². The molecule has 1 aliphatic heterocycles. The Morgan fingerprint density at radius 2 is 1.97 bits per heavy atom. The maximum absolute atomic E-state index is 13.6. The van der Waals surface area contributed by atoms with Gasteiger partial charge in [0.05, 0.1) is 29.9 Å². The van der Waals surface area contributed by atoms with Gasteiger partial charge in [-0.3, -0.25) is 4.79 Å². The zero-order valence-electron chi connectivity index (χ0n) is 17.1. The molecule has 1 aliphatic carbocycles. The van der Waals surface area contributed by atoms with Crippen molar-refractivity contribution in [2.45, 2.75) is 57.4 Å². The Balaban J connectivity index is 1.45. The number of ketones is 1. The number of carbonyl (C=O) groups is 1. The highest BCUT2D eigenvalue weighted by Gasteiger charge is 2.37. The minimum atomic E-state index is -2.61. The van der Waals surface area contributed by atoms with Crippen LogP contribution >= 0.6 is 0 Å². The fourth-order valence-electron chi connectivity index (χ4n) is 4.34. The predicted octanol–water partition coefficient (Wildman–Crippen LogP) is 4.42. The van der Waals surface area contributed by atoms with Crippen LogP contribution in [0.3, 0.4) is 0 Å². The molecular formula is C22H22F2N6O. The van der Waals surface area contributed by atoms with Gasteiger partial charge in [-0.25, -0.2) is 28.1 Å². The zero-order chi connectivity index (χ0) is 21.6. The number of rotatable bonds is 4. The predicted molar refractivity (Wildman–Crippen MR) is 111 cm³/mol. The Morgan fingerprint density at radius 1 is 1.19 bits per heavy atom. The van der Waals surface area contributed by atoms with E-state index in [1.165, 1.54) is 6.20 Å². The van der Waals surface area contributed by atoms with E-state index in [2.05, 4.69) is 15.2 Å². The van der Waals surface area contributed by atoms with Crippen LogP contribution in [0.1, 0.15) is 59.9 Å². The molecule has 0 radical (unpaired) electrons. The van der Waals surface area contributed by atoms with Crippen molar-refractivity contribution in [3.8, 4) is 5.69 Å². The first-order valence-electron chi connectivity index (χ1n) is 10.4. The van der Waals surface area contributed by atoms with Crippen molar-refractivity contribution in [2.24, 2.45) is 4.99 Å². The van der Waals surface area contributed by atoms with Crippen molar-refractivity contribution < 1.29 is 13.6 Å². The summed E-state index contributed by atoms with van der Waals surface area (Å²) in [6, 6.07) is 7.63. The highest BCUT2D eigenvalue weighted by molar-refractivity contribution is 6.15. The van der Waals surface area contributed by atoms with Crippen molar-refractivity contribution in [2.75, 3.05) is 0 Å². The third-order valence-corrected chi connectivity index (χ3v) is 5.97. The van der Waals surface area contributed by atoms with Crippen LogP contribution < -0.4 is 0 Å². The van der Waals surface area contributed by atoms with Gasteiger partial charge >= 0.3 is 0 Å². The molecule has 160 valence electrons. The lowest BCUT2D eigenvalue weighted by Crippen LogP contribution is -2.27. The molecule has 1 aromatic carbocycles. The van der Waals surface area contributed by atoms with Crippen LogP contribution in [-0.4, -0.2) is 42.0 Å². The summed E-state index contributed by atoms with van der Waals surface area (Å²) in [7, 11) is 0. The quantitative estimate of drug-likeness (QED) is 0.621. The number of aryl methyl sites for hydroxylation is 1. The van der Waals surface area contributed by atoms with E-state index in [1.807, 2.05) is 31.2 Å². The lowest BCUT2D eigenvalue weighted by molar-refractivity contribution is -0.0448. The number of hydrogen-bond acceptors (Lipinski definition) is 5. The Hall–Kier alpha value is -3.23. The van der Waals surface area contributed by atoms with Crippen molar-refractivity contribution in [1.82, 2.24) is 24.5 Å². The van der Waals surface area contributed by atoms with E-state index in [0.29, 0.717) is 36.5 Å². The zero-order valence-corrected chi connectivity index (χ0v) is 17.1. The van der Waals surface area contributed by atoms with Gasteiger partial charge in [0.1, 0.15) is 12.2 Å². The summed E-state index contributed by atoms with van der Waals surface area (Å²) in [5, 5.41) is 8.74. The van der Waals surface area contributed by atoms with Crippen LogP contribution in [0.4, 0.5) is 14.6 Å². The van der Waals surface area contributed by atoms with Crippen LogP contribution in [0, 0.1) is 6.92 Å². The second-order valence-electron chi connectivity index (χ2n) is 8.23. The summed E-state index contributed by atoms with van der Waals surface area (Å²) in [5.74, 6) is -1.49. The van der Waals surface area contributed by atoms with Gasteiger partial charge in [0.25, 0.3) is 0 Å². The Morgan fingerprint density at radius 3 is 2.71 bits per heavy atom. The van der Waals surface area contributed by atoms with Gasteiger partial charge in [0, 0.05) is 25.0 Å². The van der Waals surface area contributed by atoms with E-state index in [-0.39, 0.29) is 31.1 Å². The summed E-state index contributed by atoms with van der Waals surface area (Å²) < 4.78 is 30.6. The molecule has 0 bridgehead atoms. The van der Waals surface area contributed by atoms with Gasteiger partial charge in [0.15, 0.2) is 11.6 Å². The molecule has 5 rings (SSSR count). The van der Waals surface area contributed by atoms with Crippen LogP contribution in [-0.2, 0) is 6.42 Å². The van der Waals surface area contributed by atoms with Crippen LogP contribution in [0.15, 0.2) is 41.8 Å². The van der Waals surface area contributed by atoms with E-state index in [9.17, 15) is 13.6 Å². The molecule has 2 aromatic heterocycles. The minimum Gasteiger partial charge on any atom is -0.294 e. The van der Waals surface area contributed by atoms with Crippen molar-refractivity contribution in [1.29, 1.82) is 0 Å². The van der Waals surface area contributed by atoms with Gasteiger partial charge in [-0.2, -0.15) is 10.2 Å². The first-order chi connectivity index (χ1) is 14.9. The average Bonchev–Trinajstić information content (AvgIpc) is 3.35. The smallest absolute Gasteiger partial charge is 0.248 e. The number of nitrogens with zero attached hydrogens (tertiary/aromatic N) is 6. The van der Waals surface area contributed by atoms with Gasteiger partial charge in [0.2, 0.25) is 5.92 Å². The maximum atomic E-state index is 13.6. The molecule has 3 aromatic rings. The van der Waals surface area contributed by atoms with Crippen molar-refractivity contribution in [3.63, 3.8) is 0 Å². The molecule has 1 fully saturated rings.